The predicted molar refractivity (Wildman–Crippen MR) is 73.5 cm³/mol. The van der Waals surface area contributed by atoms with Gasteiger partial charge in [0.15, 0.2) is 0 Å². The van der Waals surface area contributed by atoms with Crippen molar-refractivity contribution < 1.29 is 4.74 Å². The largest absolute Gasteiger partial charge is 0.381 e. The van der Waals surface area contributed by atoms with Gasteiger partial charge in [0, 0.05) is 25.8 Å². The molecular weight excluding hydrogens is 210 g/mol. The van der Waals surface area contributed by atoms with Crippen LogP contribution in [0, 0.1) is 0 Å². The van der Waals surface area contributed by atoms with Crippen LogP contribution in [0.25, 0.3) is 0 Å². The maximum Gasteiger partial charge on any atom is 0.0466 e. The van der Waals surface area contributed by atoms with E-state index in [1.54, 1.807) is 0 Å². The molecule has 0 amide bonds. The molecule has 1 heterocycles. The summed E-state index contributed by atoms with van der Waals surface area (Å²) >= 11 is 0. The zero-order valence-electron chi connectivity index (χ0n) is 11.6. The van der Waals surface area contributed by atoms with Crippen LogP contribution in [-0.2, 0) is 4.74 Å². The molecule has 0 aromatic carbocycles. The highest BCUT2D eigenvalue weighted by Crippen LogP contribution is 2.14. The highest BCUT2D eigenvalue weighted by atomic mass is 16.5. The molecule has 2 nitrogen and oxygen atoms in total. The number of hydrogen-bond acceptors (Lipinski definition) is 1. The number of ether oxygens (including phenoxy) is 1. The fraction of sp³-hybridized carbons (Fsp3) is 1.00. The van der Waals surface area contributed by atoms with Crippen LogP contribution in [0.5, 0.6) is 0 Å². The SMILES string of the molecule is CCCCCOCCCCCC1CCCC[N]1. The molecule has 1 unspecified atom stereocenters. The second kappa shape index (κ2) is 11.0. The Labute approximate surface area is 108 Å². The number of unbranched alkanes of at least 4 members (excludes halogenated alkanes) is 4. The first-order valence-corrected chi connectivity index (χ1v) is 7.68. The Morgan fingerprint density at radius 3 is 2.53 bits per heavy atom. The summed E-state index contributed by atoms with van der Waals surface area (Å²) in [7, 11) is 0. The van der Waals surface area contributed by atoms with Gasteiger partial charge in [-0.2, -0.15) is 0 Å². The minimum Gasteiger partial charge on any atom is -0.381 e. The molecule has 0 saturated carbocycles. The second-order valence-electron chi connectivity index (χ2n) is 5.22. The Hall–Kier alpha value is -0.0800. The molecule has 1 saturated heterocycles. The van der Waals surface area contributed by atoms with E-state index in [0.717, 1.165) is 19.8 Å². The molecule has 1 aliphatic heterocycles. The third-order valence-electron chi connectivity index (χ3n) is 3.55. The Kier molecular flexibility index (Phi) is 9.72. The zero-order valence-corrected chi connectivity index (χ0v) is 11.6. The van der Waals surface area contributed by atoms with Gasteiger partial charge >= 0.3 is 0 Å². The van der Waals surface area contributed by atoms with Gasteiger partial charge in [-0.25, -0.2) is 5.32 Å². The molecular formula is C15H30NO. The van der Waals surface area contributed by atoms with Crippen LogP contribution in [-0.4, -0.2) is 25.8 Å². The van der Waals surface area contributed by atoms with Crippen molar-refractivity contribution in [3.05, 3.63) is 0 Å². The Bertz CT molecular complexity index is 155. The fourth-order valence-electron chi connectivity index (χ4n) is 2.41. The van der Waals surface area contributed by atoms with Crippen molar-refractivity contribution in [2.45, 2.75) is 77.2 Å². The van der Waals surface area contributed by atoms with Crippen molar-refractivity contribution in [2.75, 3.05) is 19.8 Å². The first-order chi connectivity index (χ1) is 8.43. The van der Waals surface area contributed by atoms with Crippen LogP contribution in [0.4, 0.5) is 0 Å². The van der Waals surface area contributed by atoms with E-state index in [1.807, 2.05) is 0 Å². The highest BCUT2D eigenvalue weighted by molar-refractivity contribution is 4.71. The maximum absolute atomic E-state index is 5.60. The first kappa shape index (κ1) is 15.0. The lowest BCUT2D eigenvalue weighted by Gasteiger charge is -2.21. The number of rotatable bonds is 10. The standard InChI is InChI=1S/C15H30NO/c1-2-3-8-13-17-14-9-4-5-10-15-11-6-7-12-16-15/h15H,2-14H2,1H3. The van der Waals surface area contributed by atoms with E-state index in [-0.39, 0.29) is 0 Å². The minimum absolute atomic E-state index is 0.689. The van der Waals surface area contributed by atoms with Crippen molar-refractivity contribution in [3.63, 3.8) is 0 Å². The van der Waals surface area contributed by atoms with Crippen molar-refractivity contribution in [2.24, 2.45) is 0 Å². The molecule has 17 heavy (non-hydrogen) atoms. The van der Waals surface area contributed by atoms with E-state index in [0.29, 0.717) is 6.04 Å². The lowest BCUT2D eigenvalue weighted by molar-refractivity contribution is 0.126. The molecule has 1 rings (SSSR count). The summed E-state index contributed by atoms with van der Waals surface area (Å²) in [6, 6.07) is 0.689. The molecule has 0 aromatic heterocycles. The van der Waals surface area contributed by atoms with E-state index in [1.165, 1.54) is 64.2 Å². The molecule has 0 aliphatic carbocycles. The van der Waals surface area contributed by atoms with E-state index in [9.17, 15) is 0 Å². The van der Waals surface area contributed by atoms with Gasteiger partial charge in [0.25, 0.3) is 0 Å². The lowest BCUT2D eigenvalue weighted by atomic mass is 9.99. The predicted octanol–water partition coefficient (Wildman–Crippen LogP) is 3.91. The van der Waals surface area contributed by atoms with Crippen molar-refractivity contribution in [3.8, 4) is 0 Å². The van der Waals surface area contributed by atoms with E-state index in [4.69, 9.17) is 4.74 Å². The van der Waals surface area contributed by atoms with E-state index in [2.05, 4.69) is 12.2 Å². The van der Waals surface area contributed by atoms with Gasteiger partial charge in [-0.15, -0.1) is 0 Å². The number of nitrogens with zero attached hydrogens (tertiary/aromatic N) is 1. The summed E-state index contributed by atoms with van der Waals surface area (Å²) < 4.78 is 5.60. The third kappa shape index (κ3) is 8.62. The first-order valence-electron chi connectivity index (χ1n) is 7.68. The van der Waals surface area contributed by atoms with Crippen molar-refractivity contribution >= 4 is 0 Å². The summed E-state index contributed by atoms with van der Waals surface area (Å²) in [5.74, 6) is 0. The van der Waals surface area contributed by atoms with Crippen LogP contribution >= 0.6 is 0 Å². The smallest absolute Gasteiger partial charge is 0.0466 e. The minimum atomic E-state index is 0.689. The molecule has 1 radical (unpaired) electrons. The normalized spacial score (nSPS) is 20.6. The van der Waals surface area contributed by atoms with Gasteiger partial charge in [-0.05, 0) is 32.1 Å². The quantitative estimate of drug-likeness (QED) is 0.531. The van der Waals surface area contributed by atoms with Crippen molar-refractivity contribution in [1.82, 2.24) is 5.32 Å². The monoisotopic (exact) mass is 240 g/mol. The summed E-state index contributed by atoms with van der Waals surface area (Å²) in [6.07, 6.45) is 13.1. The Morgan fingerprint density at radius 2 is 1.82 bits per heavy atom. The van der Waals surface area contributed by atoms with Crippen molar-refractivity contribution in [1.29, 1.82) is 0 Å². The van der Waals surface area contributed by atoms with Crippen LogP contribution in [0.15, 0.2) is 0 Å². The molecule has 101 valence electrons. The van der Waals surface area contributed by atoms with Gasteiger partial charge in [-0.3, -0.25) is 0 Å². The summed E-state index contributed by atoms with van der Waals surface area (Å²) in [6.45, 7) is 5.28. The summed E-state index contributed by atoms with van der Waals surface area (Å²) in [5, 5.41) is 4.67. The summed E-state index contributed by atoms with van der Waals surface area (Å²) in [4.78, 5) is 0. The Balaban J connectivity index is 1.75. The third-order valence-corrected chi connectivity index (χ3v) is 3.55. The molecule has 2 heteroatoms. The average Bonchev–Trinajstić information content (AvgIpc) is 2.38. The number of piperidine rings is 1. The van der Waals surface area contributed by atoms with Crippen LogP contribution < -0.4 is 5.32 Å². The molecule has 0 bridgehead atoms. The van der Waals surface area contributed by atoms with Crippen LogP contribution in [0.3, 0.4) is 0 Å². The van der Waals surface area contributed by atoms with Gasteiger partial charge in [0.2, 0.25) is 0 Å². The number of hydrogen-bond donors (Lipinski definition) is 0. The molecule has 1 fully saturated rings. The Morgan fingerprint density at radius 1 is 1.00 bits per heavy atom. The van der Waals surface area contributed by atoms with Crippen LogP contribution in [0.2, 0.25) is 0 Å². The second-order valence-corrected chi connectivity index (χ2v) is 5.22. The molecule has 1 atom stereocenters. The fourth-order valence-corrected chi connectivity index (χ4v) is 2.41. The van der Waals surface area contributed by atoms with Gasteiger partial charge in [-0.1, -0.05) is 39.0 Å². The van der Waals surface area contributed by atoms with Crippen LogP contribution in [0.1, 0.15) is 71.1 Å². The zero-order chi connectivity index (χ0) is 12.2. The van der Waals surface area contributed by atoms with Gasteiger partial charge in [0.05, 0.1) is 0 Å². The topological polar surface area (TPSA) is 23.3 Å². The van der Waals surface area contributed by atoms with Gasteiger partial charge in [0.1, 0.15) is 0 Å². The molecule has 0 N–H and O–H groups in total. The van der Waals surface area contributed by atoms with E-state index < -0.39 is 0 Å². The van der Waals surface area contributed by atoms with E-state index >= 15 is 0 Å². The molecule has 0 spiro atoms. The highest BCUT2D eigenvalue weighted by Gasteiger charge is 2.12. The average molecular weight is 240 g/mol. The molecule has 0 aromatic rings. The maximum atomic E-state index is 5.60. The summed E-state index contributed by atoms with van der Waals surface area (Å²) in [5.41, 5.74) is 0. The lowest BCUT2D eigenvalue weighted by Crippen LogP contribution is -2.27. The molecule has 1 aliphatic rings. The van der Waals surface area contributed by atoms with Gasteiger partial charge < -0.3 is 4.74 Å².